The summed E-state index contributed by atoms with van der Waals surface area (Å²) < 4.78 is 6.08. The zero-order chi connectivity index (χ0) is 15.2. The van der Waals surface area contributed by atoms with E-state index < -0.39 is 0 Å². The van der Waals surface area contributed by atoms with Crippen LogP contribution in [0.25, 0.3) is 0 Å². The van der Waals surface area contributed by atoms with E-state index in [2.05, 4.69) is 28.2 Å². The van der Waals surface area contributed by atoms with Gasteiger partial charge in [-0.05, 0) is 55.8 Å². The zero-order valence-corrected chi connectivity index (χ0v) is 14.9. The first-order valence-corrected chi connectivity index (χ1v) is 7.68. The molecule has 0 aliphatic rings. The fourth-order valence-electron chi connectivity index (χ4n) is 2.03. The summed E-state index contributed by atoms with van der Waals surface area (Å²) >= 11 is 3.42. The molecule has 0 amide bonds. The van der Waals surface area contributed by atoms with Crippen LogP contribution in [0.1, 0.15) is 35.8 Å². The molecule has 0 aliphatic carbocycles. The smallest absolute Gasteiger partial charge is 0.338 e. The van der Waals surface area contributed by atoms with Gasteiger partial charge in [0.1, 0.15) is 0 Å². The monoisotopic (exact) mass is 383 g/mol. The number of benzene rings is 2. The van der Waals surface area contributed by atoms with Crippen LogP contribution in [0.3, 0.4) is 0 Å². The maximum atomic E-state index is 11.8. The van der Waals surface area contributed by atoms with Crippen molar-refractivity contribution in [1.82, 2.24) is 0 Å². The summed E-state index contributed by atoms with van der Waals surface area (Å²) in [7, 11) is 0. The summed E-state index contributed by atoms with van der Waals surface area (Å²) in [5, 5.41) is 3.41. The molecule has 2 aromatic rings. The molecule has 2 rings (SSSR count). The van der Waals surface area contributed by atoms with Gasteiger partial charge in [0.15, 0.2) is 0 Å². The topological polar surface area (TPSA) is 38.3 Å². The van der Waals surface area contributed by atoms with Gasteiger partial charge in [0.25, 0.3) is 0 Å². The molecule has 118 valence electrons. The standard InChI is InChI=1S/C17H18BrNO2.ClH/c1-3-21-17(20)14-6-4-5-13(11-14)12(2)19-16-9-7-15(18)8-10-16;/h4-12,19H,3H2,1-2H3;1H/t12-;/m0./s1. The fourth-order valence-corrected chi connectivity index (χ4v) is 2.29. The molecule has 0 spiro atoms. The number of carbonyl (C=O) groups excluding carboxylic acids is 1. The van der Waals surface area contributed by atoms with Crippen molar-refractivity contribution in [3.05, 3.63) is 64.1 Å². The van der Waals surface area contributed by atoms with Crippen LogP contribution in [0.2, 0.25) is 0 Å². The Balaban J connectivity index is 0.00000242. The second-order valence-corrected chi connectivity index (χ2v) is 5.63. The van der Waals surface area contributed by atoms with Gasteiger partial charge >= 0.3 is 5.97 Å². The number of hydrogen-bond donors (Lipinski definition) is 1. The van der Waals surface area contributed by atoms with Crippen molar-refractivity contribution in [2.45, 2.75) is 19.9 Å². The number of carbonyl (C=O) groups is 1. The van der Waals surface area contributed by atoms with E-state index in [0.717, 1.165) is 15.7 Å². The molecule has 0 fully saturated rings. The fraction of sp³-hybridized carbons (Fsp3) is 0.235. The summed E-state index contributed by atoms with van der Waals surface area (Å²) in [5.74, 6) is -0.282. The lowest BCUT2D eigenvalue weighted by Gasteiger charge is -2.16. The minimum Gasteiger partial charge on any atom is -0.462 e. The average Bonchev–Trinajstić information content (AvgIpc) is 2.50. The van der Waals surface area contributed by atoms with Crippen molar-refractivity contribution < 1.29 is 9.53 Å². The molecule has 5 heteroatoms. The van der Waals surface area contributed by atoms with Crippen LogP contribution in [-0.2, 0) is 4.74 Å². The van der Waals surface area contributed by atoms with Crippen molar-refractivity contribution in [2.75, 3.05) is 11.9 Å². The number of nitrogens with one attached hydrogen (secondary N) is 1. The molecular formula is C17H19BrClNO2. The first kappa shape index (κ1) is 18.5. The first-order valence-electron chi connectivity index (χ1n) is 6.89. The van der Waals surface area contributed by atoms with Gasteiger partial charge < -0.3 is 10.1 Å². The van der Waals surface area contributed by atoms with Crippen molar-refractivity contribution in [2.24, 2.45) is 0 Å². The lowest BCUT2D eigenvalue weighted by atomic mass is 10.0. The molecule has 3 nitrogen and oxygen atoms in total. The number of rotatable bonds is 5. The number of halogens is 2. The average molecular weight is 385 g/mol. The van der Waals surface area contributed by atoms with Crippen LogP contribution in [0, 0.1) is 0 Å². The van der Waals surface area contributed by atoms with Crippen LogP contribution in [0.4, 0.5) is 5.69 Å². The Kier molecular flexibility index (Phi) is 7.42. The third-order valence-electron chi connectivity index (χ3n) is 3.13. The van der Waals surface area contributed by atoms with Crippen molar-refractivity contribution >= 4 is 40.0 Å². The molecule has 0 aliphatic heterocycles. The second-order valence-electron chi connectivity index (χ2n) is 4.72. The lowest BCUT2D eigenvalue weighted by Crippen LogP contribution is -2.09. The Bertz CT molecular complexity index is 616. The van der Waals surface area contributed by atoms with Crippen molar-refractivity contribution in [3.8, 4) is 0 Å². The van der Waals surface area contributed by atoms with E-state index in [-0.39, 0.29) is 24.4 Å². The quantitative estimate of drug-likeness (QED) is 0.718. The van der Waals surface area contributed by atoms with E-state index in [4.69, 9.17) is 4.74 Å². The second kappa shape index (κ2) is 8.81. The van der Waals surface area contributed by atoms with E-state index >= 15 is 0 Å². The maximum Gasteiger partial charge on any atom is 0.338 e. The molecule has 2 aromatic carbocycles. The molecule has 0 saturated carbocycles. The molecule has 1 N–H and O–H groups in total. The number of anilines is 1. The highest BCUT2D eigenvalue weighted by molar-refractivity contribution is 9.10. The molecule has 0 radical (unpaired) electrons. The summed E-state index contributed by atoms with van der Waals surface area (Å²) in [5.41, 5.74) is 2.66. The van der Waals surface area contributed by atoms with Crippen molar-refractivity contribution in [3.63, 3.8) is 0 Å². The molecule has 0 aromatic heterocycles. The van der Waals surface area contributed by atoms with Crippen LogP contribution >= 0.6 is 28.3 Å². The van der Waals surface area contributed by atoms with Gasteiger partial charge in [0, 0.05) is 16.2 Å². The van der Waals surface area contributed by atoms with Gasteiger partial charge in [-0.2, -0.15) is 0 Å². The minimum absolute atomic E-state index is 0. The van der Waals surface area contributed by atoms with Gasteiger partial charge in [-0.1, -0.05) is 28.1 Å². The van der Waals surface area contributed by atoms with Crippen molar-refractivity contribution in [1.29, 1.82) is 0 Å². The highest BCUT2D eigenvalue weighted by atomic mass is 79.9. The number of ether oxygens (including phenoxy) is 1. The Morgan fingerprint density at radius 1 is 1.23 bits per heavy atom. The van der Waals surface area contributed by atoms with Gasteiger partial charge in [-0.3, -0.25) is 0 Å². The number of hydrogen-bond acceptors (Lipinski definition) is 3. The molecule has 0 bridgehead atoms. The molecule has 0 saturated heterocycles. The van der Waals surface area contributed by atoms with E-state index in [0.29, 0.717) is 12.2 Å². The van der Waals surface area contributed by atoms with Crippen LogP contribution < -0.4 is 5.32 Å². The summed E-state index contributed by atoms with van der Waals surface area (Å²) in [6.45, 7) is 4.25. The zero-order valence-electron chi connectivity index (χ0n) is 12.5. The predicted octanol–water partition coefficient (Wildman–Crippen LogP) is 5.22. The first-order chi connectivity index (χ1) is 10.1. The Morgan fingerprint density at radius 2 is 1.91 bits per heavy atom. The van der Waals surface area contributed by atoms with Crippen LogP contribution in [-0.4, -0.2) is 12.6 Å². The van der Waals surface area contributed by atoms with Crippen LogP contribution in [0.5, 0.6) is 0 Å². The van der Waals surface area contributed by atoms with E-state index in [1.54, 1.807) is 13.0 Å². The van der Waals surface area contributed by atoms with Gasteiger partial charge in [-0.15, -0.1) is 12.4 Å². The third kappa shape index (κ3) is 5.04. The normalized spacial score (nSPS) is 11.2. The SMILES string of the molecule is CCOC(=O)c1cccc([C@H](C)Nc2ccc(Br)cc2)c1.Cl. The molecule has 22 heavy (non-hydrogen) atoms. The van der Waals surface area contributed by atoms with Gasteiger partial charge in [-0.25, -0.2) is 4.79 Å². The summed E-state index contributed by atoms with van der Waals surface area (Å²) in [6, 6.07) is 15.6. The Labute approximate surface area is 145 Å². The predicted molar refractivity (Wildman–Crippen MR) is 95.8 cm³/mol. The van der Waals surface area contributed by atoms with E-state index in [9.17, 15) is 4.79 Å². The summed E-state index contributed by atoms with van der Waals surface area (Å²) in [4.78, 5) is 11.8. The number of esters is 1. The largest absolute Gasteiger partial charge is 0.462 e. The van der Waals surface area contributed by atoms with Crippen LogP contribution in [0.15, 0.2) is 53.0 Å². The van der Waals surface area contributed by atoms with Gasteiger partial charge in [0.2, 0.25) is 0 Å². The highest BCUT2D eigenvalue weighted by Gasteiger charge is 2.10. The Hall–Kier alpha value is -1.52. The summed E-state index contributed by atoms with van der Waals surface area (Å²) in [6.07, 6.45) is 0. The third-order valence-corrected chi connectivity index (χ3v) is 3.65. The maximum absolute atomic E-state index is 11.8. The Morgan fingerprint density at radius 3 is 2.55 bits per heavy atom. The highest BCUT2D eigenvalue weighted by Crippen LogP contribution is 2.22. The molecule has 0 heterocycles. The van der Waals surface area contributed by atoms with E-state index in [1.165, 1.54) is 0 Å². The minimum atomic E-state index is -0.282. The molecule has 0 unspecified atom stereocenters. The van der Waals surface area contributed by atoms with Gasteiger partial charge in [0.05, 0.1) is 12.2 Å². The lowest BCUT2D eigenvalue weighted by molar-refractivity contribution is 0.0526. The molecule has 1 atom stereocenters. The molecular weight excluding hydrogens is 366 g/mol. The van der Waals surface area contributed by atoms with E-state index in [1.807, 2.05) is 42.5 Å².